The zero-order valence-corrected chi connectivity index (χ0v) is 11.4. The molecule has 18 heavy (non-hydrogen) atoms. The Balaban J connectivity index is 2.38. The van der Waals surface area contributed by atoms with Crippen LogP contribution in [0.25, 0.3) is 0 Å². The molecule has 1 aromatic rings. The standard InChI is InChI=1S/C14H23FN2O/c1-14(2,9-16)10-17-7-6-11-4-5-13(18-3)12(15)8-11/h4-5,8,17H,6-7,9-10,16H2,1-3H3. The summed E-state index contributed by atoms with van der Waals surface area (Å²) in [5.74, 6) is -0.0201. The zero-order valence-electron chi connectivity index (χ0n) is 11.4. The molecule has 0 spiro atoms. The van der Waals surface area contributed by atoms with Gasteiger partial charge in [0, 0.05) is 6.54 Å². The Hall–Kier alpha value is -1.13. The van der Waals surface area contributed by atoms with E-state index >= 15 is 0 Å². The lowest BCUT2D eigenvalue weighted by Gasteiger charge is -2.22. The number of ether oxygens (including phenoxy) is 1. The average molecular weight is 254 g/mol. The highest BCUT2D eigenvalue weighted by atomic mass is 19.1. The lowest BCUT2D eigenvalue weighted by Crippen LogP contribution is -2.36. The molecule has 0 radical (unpaired) electrons. The summed E-state index contributed by atoms with van der Waals surface area (Å²) in [6.07, 6.45) is 0.793. The van der Waals surface area contributed by atoms with Gasteiger partial charge in [0.05, 0.1) is 7.11 Å². The van der Waals surface area contributed by atoms with Crippen molar-refractivity contribution < 1.29 is 9.13 Å². The Kier molecular flexibility index (Phi) is 5.56. The van der Waals surface area contributed by atoms with E-state index in [1.807, 2.05) is 6.07 Å². The van der Waals surface area contributed by atoms with E-state index in [4.69, 9.17) is 10.5 Å². The van der Waals surface area contributed by atoms with E-state index in [9.17, 15) is 4.39 Å². The van der Waals surface area contributed by atoms with Crippen LogP contribution < -0.4 is 15.8 Å². The predicted octanol–water partition coefficient (Wildman–Crippen LogP) is 1.95. The van der Waals surface area contributed by atoms with Gasteiger partial charge in [0.15, 0.2) is 11.6 Å². The van der Waals surface area contributed by atoms with Crippen LogP contribution in [0.3, 0.4) is 0 Å². The van der Waals surface area contributed by atoms with Crippen LogP contribution in [0.5, 0.6) is 5.75 Å². The predicted molar refractivity (Wildman–Crippen MR) is 72.4 cm³/mol. The largest absolute Gasteiger partial charge is 0.494 e. The molecular weight excluding hydrogens is 231 g/mol. The molecule has 0 saturated heterocycles. The summed E-state index contributed by atoms with van der Waals surface area (Å²) in [6, 6.07) is 5.07. The Morgan fingerprint density at radius 1 is 1.39 bits per heavy atom. The van der Waals surface area contributed by atoms with Crippen molar-refractivity contribution in [2.24, 2.45) is 11.1 Å². The topological polar surface area (TPSA) is 47.3 Å². The molecule has 0 aliphatic carbocycles. The SMILES string of the molecule is COc1ccc(CCNCC(C)(C)CN)cc1F. The summed E-state index contributed by atoms with van der Waals surface area (Å²) < 4.78 is 18.3. The van der Waals surface area contributed by atoms with Gasteiger partial charge in [0.1, 0.15) is 0 Å². The fourth-order valence-corrected chi connectivity index (χ4v) is 1.60. The molecule has 0 aromatic heterocycles. The fraction of sp³-hybridized carbons (Fsp3) is 0.571. The van der Waals surface area contributed by atoms with Crippen LogP contribution in [0.2, 0.25) is 0 Å². The van der Waals surface area contributed by atoms with Crippen molar-refractivity contribution in [3.63, 3.8) is 0 Å². The molecule has 3 nitrogen and oxygen atoms in total. The minimum absolute atomic E-state index is 0.102. The number of rotatable bonds is 7. The van der Waals surface area contributed by atoms with Crippen LogP contribution >= 0.6 is 0 Å². The molecule has 0 fully saturated rings. The van der Waals surface area contributed by atoms with Crippen molar-refractivity contribution in [2.45, 2.75) is 20.3 Å². The Morgan fingerprint density at radius 2 is 2.11 bits per heavy atom. The van der Waals surface area contributed by atoms with E-state index in [-0.39, 0.29) is 17.0 Å². The van der Waals surface area contributed by atoms with Gasteiger partial charge in [-0.05, 0) is 42.6 Å². The summed E-state index contributed by atoms with van der Waals surface area (Å²) >= 11 is 0. The molecule has 102 valence electrons. The lowest BCUT2D eigenvalue weighted by molar-refractivity contribution is 0.353. The highest BCUT2D eigenvalue weighted by Crippen LogP contribution is 2.17. The van der Waals surface area contributed by atoms with Gasteiger partial charge in [0.2, 0.25) is 0 Å². The maximum Gasteiger partial charge on any atom is 0.165 e. The maximum absolute atomic E-state index is 13.4. The smallest absolute Gasteiger partial charge is 0.165 e. The number of methoxy groups -OCH3 is 1. The number of benzene rings is 1. The summed E-state index contributed by atoms with van der Waals surface area (Å²) in [7, 11) is 1.47. The van der Waals surface area contributed by atoms with Crippen LogP contribution in [0.4, 0.5) is 4.39 Å². The Bertz CT molecular complexity index is 380. The Labute approximate surface area is 109 Å². The van der Waals surface area contributed by atoms with E-state index in [2.05, 4.69) is 19.2 Å². The molecule has 0 bridgehead atoms. The number of nitrogens with two attached hydrogens (primary N) is 1. The zero-order chi connectivity index (χ0) is 13.6. The monoisotopic (exact) mass is 254 g/mol. The van der Waals surface area contributed by atoms with E-state index in [1.54, 1.807) is 6.07 Å². The molecule has 0 heterocycles. The van der Waals surface area contributed by atoms with Crippen molar-refractivity contribution in [2.75, 3.05) is 26.7 Å². The summed E-state index contributed by atoms with van der Waals surface area (Å²) in [6.45, 7) is 6.56. The summed E-state index contributed by atoms with van der Waals surface area (Å²) in [4.78, 5) is 0. The van der Waals surface area contributed by atoms with Crippen molar-refractivity contribution in [3.8, 4) is 5.75 Å². The summed E-state index contributed by atoms with van der Waals surface area (Å²) in [5.41, 5.74) is 6.71. The van der Waals surface area contributed by atoms with E-state index in [0.717, 1.165) is 25.1 Å². The summed E-state index contributed by atoms with van der Waals surface area (Å²) in [5, 5.41) is 3.34. The van der Waals surface area contributed by atoms with Gasteiger partial charge < -0.3 is 15.8 Å². The minimum Gasteiger partial charge on any atom is -0.494 e. The van der Waals surface area contributed by atoms with Gasteiger partial charge in [-0.25, -0.2) is 4.39 Å². The quantitative estimate of drug-likeness (QED) is 0.731. The number of nitrogens with one attached hydrogen (secondary N) is 1. The van der Waals surface area contributed by atoms with Gasteiger partial charge in [-0.1, -0.05) is 19.9 Å². The second kappa shape index (κ2) is 6.71. The van der Waals surface area contributed by atoms with E-state index in [0.29, 0.717) is 6.54 Å². The molecule has 1 aromatic carbocycles. The Morgan fingerprint density at radius 3 is 2.67 bits per heavy atom. The third kappa shape index (κ3) is 4.63. The van der Waals surface area contributed by atoms with Crippen molar-refractivity contribution in [1.29, 1.82) is 0 Å². The molecule has 1 rings (SSSR count). The molecule has 0 aliphatic heterocycles. The van der Waals surface area contributed by atoms with E-state index in [1.165, 1.54) is 13.2 Å². The maximum atomic E-state index is 13.4. The molecule has 4 heteroatoms. The first kappa shape index (κ1) is 14.9. The lowest BCUT2D eigenvalue weighted by atomic mass is 9.94. The van der Waals surface area contributed by atoms with Crippen LogP contribution in [-0.4, -0.2) is 26.7 Å². The van der Waals surface area contributed by atoms with Crippen molar-refractivity contribution >= 4 is 0 Å². The van der Waals surface area contributed by atoms with Gasteiger partial charge in [-0.3, -0.25) is 0 Å². The molecule has 0 aliphatic rings. The first-order valence-corrected chi connectivity index (χ1v) is 6.22. The van der Waals surface area contributed by atoms with Crippen LogP contribution in [0.1, 0.15) is 19.4 Å². The molecule has 0 amide bonds. The second-order valence-corrected chi connectivity index (χ2v) is 5.26. The van der Waals surface area contributed by atoms with Gasteiger partial charge in [-0.15, -0.1) is 0 Å². The molecular formula is C14H23FN2O. The first-order valence-electron chi connectivity index (χ1n) is 6.22. The third-order valence-electron chi connectivity index (χ3n) is 2.96. The molecule has 0 saturated carbocycles. The number of hydrogen-bond donors (Lipinski definition) is 2. The number of halogens is 1. The first-order chi connectivity index (χ1) is 8.48. The molecule has 3 N–H and O–H groups in total. The van der Waals surface area contributed by atoms with Gasteiger partial charge >= 0.3 is 0 Å². The normalized spacial score (nSPS) is 11.6. The fourth-order valence-electron chi connectivity index (χ4n) is 1.60. The second-order valence-electron chi connectivity index (χ2n) is 5.26. The highest BCUT2D eigenvalue weighted by Gasteiger charge is 2.14. The van der Waals surface area contributed by atoms with Crippen LogP contribution in [-0.2, 0) is 6.42 Å². The van der Waals surface area contributed by atoms with Crippen LogP contribution in [0.15, 0.2) is 18.2 Å². The molecule has 0 atom stereocenters. The molecule has 0 unspecified atom stereocenters. The highest BCUT2D eigenvalue weighted by molar-refractivity contribution is 5.29. The van der Waals surface area contributed by atoms with E-state index < -0.39 is 0 Å². The number of hydrogen-bond acceptors (Lipinski definition) is 3. The van der Waals surface area contributed by atoms with Crippen LogP contribution in [0, 0.1) is 11.2 Å². The van der Waals surface area contributed by atoms with Gasteiger partial charge in [-0.2, -0.15) is 0 Å². The van der Waals surface area contributed by atoms with Crippen molar-refractivity contribution in [3.05, 3.63) is 29.6 Å². The minimum atomic E-state index is -0.308. The third-order valence-corrected chi connectivity index (χ3v) is 2.96. The van der Waals surface area contributed by atoms with Crippen molar-refractivity contribution in [1.82, 2.24) is 5.32 Å². The average Bonchev–Trinajstić information content (AvgIpc) is 2.35. The van der Waals surface area contributed by atoms with Gasteiger partial charge in [0.25, 0.3) is 0 Å².